The summed E-state index contributed by atoms with van der Waals surface area (Å²) in [5.41, 5.74) is 0.944. The molecule has 1 saturated heterocycles. The number of hydrogen-bond donors (Lipinski definition) is 0. The fourth-order valence-electron chi connectivity index (χ4n) is 2.16. The minimum absolute atomic E-state index is 0.242. The number of ether oxygens (including phenoxy) is 1. The lowest BCUT2D eigenvalue weighted by molar-refractivity contribution is 0.124. The maximum atomic E-state index is 11.4. The maximum Gasteiger partial charge on any atom is 0.409 e. The molecule has 6 heteroatoms. The Kier molecular flexibility index (Phi) is 4.19. The fraction of sp³-hybridized carbons (Fsp3) is 0.667. The van der Waals surface area contributed by atoms with E-state index >= 15 is 0 Å². The van der Waals surface area contributed by atoms with Crippen LogP contribution in [0.15, 0.2) is 10.6 Å². The van der Waals surface area contributed by atoms with Crippen LogP contribution < -0.4 is 0 Å². The van der Waals surface area contributed by atoms with Crippen molar-refractivity contribution in [1.29, 1.82) is 0 Å². The van der Waals surface area contributed by atoms with Crippen LogP contribution in [0.3, 0.4) is 0 Å². The molecule has 0 saturated carbocycles. The van der Waals surface area contributed by atoms with E-state index in [4.69, 9.17) is 9.26 Å². The van der Waals surface area contributed by atoms with Gasteiger partial charge in [0.25, 0.3) is 0 Å². The topological polar surface area (TPSA) is 58.8 Å². The number of hydrogen-bond acceptors (Lipinski definition) is 5. The summed E-state index contributed by atoms with van der Waals surface area (Å²) in [5.74, 6) is 0.830. The van der Waals surface area contributed by atoms with Crippen LogP contribution in [0.5, 0.6) is 0 Å². The largest absolute Gasteiger partial charge is 0.453 e. The van der Waals surface area contributed by atoms with E-state index in [2.05, 4.69) is 10.1 Å². The third-order valence-corrected chi connectivity index (χ3v) is 3.08. The number of methoxy groups -OCH3 is 1. The molecule has 0 aliphatic carbocycles. The summed E-state index contributed by atoms with van der Waals surface area (Å²) in [4.78, 5) is 15.5. The van der Waals surface area contributed by atoms with Crippen LogP contribution in [-0.4, -0.2) is 54.3 Å². The van der Waals surface area contributed by atoms with Crippen LogP contribution in [0.4, 0.5) is 4.79 Å². The van der Waals surface area contributed by atoms with Gasteiger partial charge in [-0.15, -0.1) is 0 Å². The normalized spacial score (nSPS) is 17.6. The van der Waals surface area contributed by atoms with Crippen molar-refractivity contribution in [2.24, 2.45) is 0 Å². The molecule has 0 spiro atoms. The van der Waals surface area contributed by atoms with Crippen molar-refractivity contribution in [1.82, 2.24) is 15.0 Å². The first-order valence-electron chi connectivity index (χ1n) is 6.16. The standard InChI is InChI=1S/C12H19N3O3/c1-10-8-11(13-18-10)9-14-4-3-5-15(7-6-14)12(16)17-2/h8H,3-7,9H2,1-2H3. The van der Waals surface area contributed by atoms with Crippen LogP contribution in [0, 0.1) is 6.92 Å². The van der Waals surface area contributed by atoms with Crippen molar-refractivity contribution in [2.45, 2.75) is 19.9 Å². The van der Waals surface area contributed by atoms with E-state index in [0.717, 1.165) is 44.1 Å². The van der Waals surface area contributed by atoms with E-state index in [1.165, 1.54) is 7.11 Å². The number of carbonyl (C=O) groups is 1. The van der Waals surface area contributed by atoms with E-state index < -0.39 is 0 Å². The Balaban J connectivity index is 1.87. The molecule has 2 heterocycles. The van der Waals surface area contributed by atoms with Crippen LogP contribution in [0.1, 0.15) is 17.9 Å². The van der Waals surface area contributed by atoms with Crippen LogP contribution in [0.2, 0.25) is 0 Å². The molecule has 0 bridgehead atoms. The van der Waals surface area contributed by atoms with Gasteiger partial charge in [-0.1, -0.05) is 5.16 Å². The third kappa shape index (κ3) is 3.22. The van der Waals surface area contributed by atoms with Gasteiger partial charge in [0.15, 0.2) is 0 Å². The van der Waals surface area contributed by atoms with Gasteiger partial charge in [-0.3, -0.25) is 4.90 Å². The van der Waals surface area contributed by atoms with E-state index in [-0.39, 0.29) is 6.09 Å². The molecule has 100 valence electrons. The van der Waals surface area contributed by atoms with Crippen molar-refractivity contribution in [3.63, 3.8) is 0 Å². The Morgan fingerprint density at radius 2 is 2.28 bits per heavy atom. The molecule has 0 N–H and O–H groups in total. The van der Waals surface area contributed by atoms with Crippen molar-refractivity contribution in [3.05, 3.63) is 17.5 Å². The minimum Gasteiger partial charge on any atom is -0.453 e. The zero-order valence-corrected chi connectivity index (χ0v) is 10.9. The summed E-state index contributed by atoms with van der Waals surface area (Å²) in [5, 5.41) is 3.99. The molecule has 1 fully saturated rings. The lowest BCUT2D eigenvalue weighted by Gasteiger charge is -2.20. The van der Waals surface area contributed by atoms with Crippen molar-refractivity contribution >= 4 is 6.09 Å². The number of amides is 1. The molecular formula is C12H19N3O3. The highest BCUT2D eigenvalue weighted by atomic mass is 16.5. The Morgan fingerprint density at radius 3 is 2.94 bits per heavy atom. The summed E-state index contributed by atoms with van der Waals surface area (Å²) in [7, 11) is 1.42. The fourth-order valence-corrected chi connectivity index (χ4v) is 2.16. The first-order chi connectivity index (χ1) is 8.69. The average molecular weight is 253 g/mol. The summed E-state index contributed by atoms with van der Waals surface area (Å²) >= 11 is 0. The molecular weight excluding hydrogens is 234 g/mol. The number of aromatic nitrogens is 1. The van der Waals surface area contributed by atoms with Gasteiger partial charge in [0.05, 0.1) is 12.8 Å². The molecule has 6 nitrogen and oxygen atoms in total. The van der Waals surface area contributed by atoms with Crippen molar-refractivity contribution in [3.8, 4) is 0 Å². The smallest absolute Gasteiger partial charge is 0.409 e. The van der Waals surface area contributed by atoms with Crippen molar-refractivity contribution in [2.75, 3.05) is 33.3 Å². The summed E-state index contributed by atoms with van der Waals surface area (Å²) in [6.07, 6.45) is 0.709. The van der Waals surface area contributed by atoms with E-state index in [0.29, 0.717) is 6.54 Å². The minimum atomic E-state index is -0.242. The van der Waals surface area contributed by atoms with E-state index in [1.807, 2.05) is 13.0 Å². The molecule has 1 aromatic heterocycles. The number of nitrogens with zero attached hydrogens (tertiary/aromatic N) is 3. The van der Waals surface area contributed by atoms with Gasteiger partial charge in [-0.05, 0) is 13.3 Å². The predicted molar refractivity (Wildman–Crippen MR) is 65.1 cm³/mol. The molecule has 1 aliphatic heterocycles. The maximum absolute atomic E-state index is 11.4. The molecule has 2 rings (SSSR count). The Morgan fingerprint density at radius 1 is 1.44 bits per heavy atom. The SMILES string of the molecule is COC(=O)N1CCCN(Cc2cc(C)on2)CC1. The second-order valence-corrected chi connectivity index (χ2v) is 4.52. The van der Waals surface area contributed by atoms with Gasteiger partial charge in [0.2, 0.25) is 0 Å². The highest BCUT2D eigenvalue weighted by Gasteiger charge is 2.19. The zero-order valence-electron chi connectivity index (χ0n) is 10.9. The zero-order chi connectivity index (χ0) is 13.0. The van der Waals surface area contributed by atoms with Gasteiger partial charge in [0.1, 0.15) is 5.76 Å². The molecule has 0 atom stereocenters. The van der Waals surface area contributed by atoms with Gasteiger partial charge in [-0.2, -0.15) is 0 Å². The lowest BCUT2D eigenvalue weighted by atomic mass is 10.3. The van der Waals surface area contributed by atoms with E-state index in [1.54, 1.807) is 4.90 Å². The molecule has 1 aliphatic rings. The average Bonchev–Trinajstić information content (AvgIpc) is 2.64. The van der Waals surface area contributed by atoms with Crippen LogP contribution in [-0.2, 0) is 11.3 Å². The van der Waals surface area contributed by atoms with E-state index in [9.17, 15) is 4.79 Å². The third-order valence-electron chi connectivity index (χ3n) is 3.08. The van der Waals surface area contributed by atoms with Crippen molar-refractivity contribution < 1.29 is 14.1 Å². The Bertz CT molecular complexity index is 405. The number of rotatable bonds is 2. The number of aryl methyl sites for hydroxylation is 1. The lowest BCUT2D eigenvalue weighted by Crippen LogP contribution is -2.34. The van der Waals surface area contributed by atoms with Gasteiger partial charge < -0.3 is 14.2 Å². The van der Waals surface area contributed by atoms with Gasteiger partial charge in [0, 0.05) is 38.8 Å². The van der Waals surface area contributed by atoms with Gasteiger partial charge in [-0.25, -0.2) is 4.79 Å². The Labute approximate surface area is 106 Å². The molecule has 1 amide bonds. The summed E-state index contributed by atoms with van der Waals surface area (Å²) < 4.78 is 9.80. The molecule has 0 aromatic carbocycles. The molecule has 1 aromatic rings. The first-order valence-corrected chi connectivity index (χ1v) is 6.16. The molecule has 0 unspecified atom stereocenters. The summed E-state index contributed by atoms with van der Waals surface area (Å²) in [6, 6.07) is 1.95. The molecule has 0 radical (unpaired) electrons. The highest BCUT2D eigenvalue weighted by Crippen LogP contribution is 2.09. The highest BCUT2D eigenvalue weighted by molar-refractivity contribution is 5.67. The summed E-state index contributed by atoms with van der Waals surface area (Å²) in [6.45, 7) is 5.90. The van der Waals surface area contributed by atoms with Crippen LogP contribution in [0.25, 0.3) is 0 Å². The first kappa shape index (κ1) is 12.9. The molecule has 18 heavy (non-hydrogen) atoms. The van der Waals surface area contributed by atoms with Crippen LogP contribution >= 0.6 is 0 Å². The second-order valence-electron chi connectivity index (χ2n) is 4.52. The second kappa shape index (κ2) is 5.86. The Hall–Kier alpha value is -1.56. The monoisotopic (exact) mass is 253 g/mol. The number of carbonyl (C=O) groups excluding carboxylic acids is 1. The van der Waals surface area contributed by atoms with Gasteiger partial charge >= 0.3 is 6.09 Å². The quantitative estimate of drug-likeness (QED) is 0.794. The predicted octanol–water partition coefficient (Wildman–Crippen LogP) is 1.26.